The van der Waals surface area contributed by atoms with E-state index in [1.54, 1.807) is 0 Å². The number of hydrogen-bond acceptors (Lipinski definition) is 4. The first-order valence-corrected chi connectivity index (χ1v) is 12.0. The third kappa shape index (κ3) is 5.64. The van der Waals surface area contributed by atoms with Gasteiger partial charge in [0, 0.05) is 52.0 Å². The minimum absolute atomic E-state index is 0.117. The average molecular weight is 509 g/mol. The van der Waals surface area contributed by atoms with Gasteiger partial charge < -0.3 is 15.0 Å². The summed E-state index contributed by atoms with van der Waals surface area (Å²) in [5.41, 5.74) is 1.54. The molecular formula is C26H28ClF3N2O3. The lowest BCUT2D eigenvalue weighted by Crippen LogP contribution is -2.46. The highest BCUT2D eigenvalue weighted by atomic mass is 35.5. The fraction of sp³-hybridized carbons (Fsp3) is 0.462. The minimum atomic E-state index is -4.60. The van der Waals surface area contributed by atoms with Gasteiger partial charge in [0.25, 0.3) is 0 Å². The summed E-state index contributed by atoms with van der Waals surface area (Å²) in [5.74, 6) is -0.349. The Morgan fingerprint density at radius 1 is 1.14 bits per heavy atom. The van der Waals surface area contributed by atoms with Crippen LogP contribution in [0.2, 0.25) is 5.02 Å². The Morgan fingerprint density at radius 2 is 1.86 bits per heavy atom. The van der Waals surface area contributed by atoms with Gasteiger partial charge in [0.05, 0.1) is 10.6 Å². The van der Waals surface area contributed by atoms with Crippen molar-refractivity contribution in [2.24, 2.45) is 0 Å². The molecule has 5 nitrogen and oxygen atoms in total. The number of benzene rings is 2. The fourth-order valence-corrected chi connectivity index (χ4v) is 5.54. The number of amides is 1. The molecule has 4 rings (SSSR count). The number of halogens is 4. The SMILES string of the molecule is CC(=O)Nc1ccc2c(c1)C(CN1CCC(OC(C)=O)(c3ccc(Cl)c(C(F)(F)F)c3)CC1)CC2. The lowest BCUT2D eigenvalue weighted by Gasteiger charge is -2.42. The van der Waals surface area contributed by atoms with Gasteiger partial charge in [-0.25, -0.2) is 0 Å². The number of hydrogen-bond donors (Lipinski definition) is 1. The van der Waals surface area contributed by atoms with E-state index in [9.17, 15) is 22.8 Å². The van der Waals surface area contributed by atoms with Crippen LogP contribution in [0.1, 0.15) is 61.3 Å². The number of piperidine rings is 1. The number of carbonyl (C=O) groups excluding carboxylic acids is 2. The maximum atomic E-state index is 13.5. The van der Waals surface area contributed by atoms with E-state index in [1.807, 2.05) is 12.1 Å². The zero-order chi connectivity index (χ0) is 25.4. The molecule has 2 aromatic carbocycles. The lowest BCUT2D eigenvalue weighted by molar-refractivity contribution is -0.164. The molecule has 1 saturated heterocycles. The Morgan fingerprint density at radius 3 is 2.49 bits per heavy atom. The highest BCUT2D eigenvalue weighted by Gasteiger charge is 2.42. The Kier molecular flexibility index (Phi) is 7.16. The van der Waals surface area contributed by atoms with Crippen molar-refractivity contribution in [3.63, 3.8) is 0 Å². The van der Waals surface area contributed by atoms with Crippen molar-refractivity contribution >= 4 is 29.2 Å². The molecule has 1 aliphatic carbocycles. The number of likely N-dealkylation sites (tertiary alicyclic amines) is 1. The first-order valence-electron chi connectivity index (χ1n) is 11.7. The zero-order valence-electron chi connectivity index (χ0n) is 19.7. The molecule has 9 heteroatoms. The Labute approximate surface area is 207 Å². The summed E-state index contributed by atoms with van der Waals surface area (Å²) in [5, 5.41) is 2.45. The number of nitrogens with zero attached hydrogens (tertiary/aromatic N) is 1. The van der Waals surface area contributed by atoms with Crippen molar-refractivity contribution in [1.29, 1.82) is 0 Å². The molecular weight excluding hydrogens is 481 g/mol. The number of esters is 1. The lowest BCUT2D eigenvalue weighted by atomic mass is 9.83. The smallest absolute Gasteiger partial charge is 0.417 e. The van der Waals surface area contributed by atoms with Crippen LogP contribution in [-0.2, 0) is 32.5 Å². The minimum Gasteiger partial charge on any atom is -0.454 e. The Hall–Kier alpha value is -2.58. The Balaban J connectivity index is 1.51. The van der Waals surface area contributed by atoms with Gasteiger partial charge in [0.1, 0.15) is 5.60 Å². The third-order valence-electron chi connectivity index (χ3n) is 6.95. The van der Waals surface area contributed by atoms with E-state index in [2.05, 4.69) is 16.3 Å². The summed E-state index contributed by atoms with van der Waals surface area (Å²) in [4.78, 5) is 25.6. The van der Waals surface area contributed by atoms with E-state index in [0.29, 0.717) is 37.4 Å². The van der Waals surface area contributed by atoms with E-state index in [4.69, 9.17) is 16.3 Å². The number of rotatable bonds is 5. The van der Waals surface area contributed by atoms with E-state index in [-0.39, 0.29) is 10.9 Å². The summed E-state index contributed by atoms with van der Waals surface area (Å²) in [6, 6.07) is 9.76. The molecule has 0 aromatic heterocycles. The largest absolute Gasteiger partial charge is 0.454 e. The molecule has 0 radical (unpaired) electrons. The molecule has 1 unspecified atom stereocenters. The summed E-state index contributed by atoms with van der Waals surface area (Å²) >= 11 is 5.81. The molecule has 0 saturated carbocycles. The van der Waals surface area contributed by atoms with Crippen LogP contribution in [0.25, 0.3) is 0 Å². The molecule has 2 aliphatic rings. The molecule has 35 heavy (non-hydrogen) atoms. The van der Waals surface area contributed by atoms with Crippen LogP contribution in [-0.4, -0.2) is 36.4 Å². The van der Waals surface area contributed by atoms with E-state index in [0.717, 1.165) is 31.1 Å². The van der Waals surface area contributed by atoms with Gasteiger partial charge in [0.15, 0.2) is 0 Å². The topological polar surface area (TPSA) is 58.6 Å². The fourth-order valence-electron chi connectivity index (χ4n) is 5.32. The van der Waals surface area contributed by atoms with Crippen molar-refractivity contribution in [3.8, 4) is 0 Å². The van der Waals surface area contributed by atoms with Gasteiger partial charge >= 0.3 is 12.1 Å². The molecule has 1 aliphatic heterocycles. The molecule has 1 heterocycles. The van der Waals surface area contributed by atoms with E-state index in [1.165, 1.54) is 37.1 Å². The molecule has 1 N–H and O–H groups in total. The van der Waals surface area contributed by atoms with Crippen molar-refractivity contribution in [2.45, 2.75) is 57.2 Å². The van der Waals surface area contributed by atoms with Crippen LogP contribution in [0.3, 0.4) is 0 Å². The standard InChI is InChI=1S/C26H28ClF3N2O3/c1-16(33)31-21-7-5-18-3-4-19(22(18)14-21)15-32-11-9-25(10-12-32,35-17(2)34)20-6-8-24(27)23(13-20)26(28,29)30/h5-8,13-14,19H,3-4,9-12,15H2,1-2H3,(H,31,33). The van der Waals surface area contributed by atoms with Crippen molar-refractivity contribution in [1.82, 2.24) is 4.90 Å². The van der Waals surface area contributed by atoms with Gasteiger partial charge in [-0.2, -0.15) is 13.2 Å². The van der Waals surface area contributed by atoms with Crippen LogP contribution < -0.4 is 5.32 Å². The van der Waals surface area contributed by atoms with E-state index < -0.39 is 23.3 Å². The number of aryl methyl sites for hydroxylation is 1. The van der Waals surface area contributed by atoms with Crippen molar-refractivity contribution in [2.75, 3.05) is 25.0 Å². The van der Waals surface area contributed by atoms with Crippen LogP contribution in [0.15, 0.2) is 36.4 Å². The van der Waals surface area contributed by atoms with Gasteiger partial charge in [-0.15, -0.1) is 0 Å². The van der Waals surface area contributed by atoms with E-state index >= 15 is 0 Å². The maximum Gasteiger partial charge on any atom is 0.417 e. The number of nitrogens with one attached hydrogen (secondary N) is 1. The summed E-state index contributed by atoms with van der Waals surface area (Å²) in [6.07, 6.45) is -1.86. The first kappa shape index (κ1) is 25.5. The number of fused-ring (bicyclic) bond motifs is 1. The first-order chi connectivity index (χ1) is 16.5. The number of carbonyl (C=O) groups is 2. The highest BCUT2D eigenvalue weighted by Crippen LogP contribution is 2.43. The number of alkyl halides is 3. The van der Waals surface area contributed by atoms with Gasteiger partial charge in [-0.05, 0) is 59.7 Å². The van der Waals surface area contributed by atoms with Crippen molar-refractivity contribution in [3.05, 3.63) is 63.7 Å². The quantitative estimate of drug-likeness (QED) is 0.511. The summed E-state index contributed by atoms with van der Waals surface area (Å²) in [6.45, 7) is 4.70. The monoisotopic (exact) mass is 508 g/mol. The third-order valence-corrected chi connectivity index (χ3v) is 7.28. The van der Waals surface area contributed by atoms with Crippen LogP contribution >= 0.6 is 11.6 Å². The van der Waals surface area contributed by atoms with Gasteiger partial charge in [0.2, 0.25) is 5.91 Å². The molecule has 1 fully saturated rings. The average Bonchev–Trinajstić information content (AvgIpc) is 3.16. The summed E-state index contributed by atoms with van der Waals surface area (Å²) < 4.78 is 46.1. The van der Waals surface area contributed by atoms with Gasteiger partial charge in [-0.3, -0.25) is 9.59 Å². The zero-order valence-corrected chi connectivity index (χ0v) is 20.4. The maximum absolute atomic E-state index is 13.5. The van der Waals surface area contributed by atoms with Gasteiger partial charge in [-0.1, -0.05) is 23.7 Å². The van der Waals surface area contributed by atoms with Crippen LogP contribution in [0.4, 0.5) is 18.9 Å². The molecule has 2 aromatic rings. The van der Waals surface area contributed by atoms with Crippen LogP contribution in [0, 0.1) is 0 Å². The van der Waals surface area contributed by atoms with Crippen LogP contribution in [0.5, 0.6) is 0 Å². The number of ether oxygens (including phenoxy) is 1. The Bertz CT molecular complexity index is 1130. The summed E-state index contributed by atoms with van der Waals surface area (Å²) in [7, 11) is 0. The predicted molar refractivity (Wildman–Crippen MR) is 127 cm³/mol. The normalized spacial score (nSPS) is 19.8. The highest BCUT2D eigenvalue weighted by molar-refractivity contribution is 6.31. The second kappa shape index (κ2) is 9.82. The van der Waals surface area contributed by atoms with Crippen molar-refractivity contribution < 1.29 is 27.5 Å². The predicted octanol–water partition coefficient (Wildman–Crippen LogP) is 5.90. The number of anilines is 1. The second-order valence-corrected chi connectivity index (χ2v) is 9.82. The molecule has 1 amide bonds. The molecule has 188 valence electrons. The molecule has 0 spiro atoms. The molecule has 1 atom stereocenters. The second-order valence-electron chi connectivity index (χ2n) is 9.41. The molecule has 0 bridgehead atoms.